The highest BCUT2D eigenvalue weighted by molar-refractivity contribution is 7.99. The molecule has 2 aromatic rings. The number of carbonyl (C=O) groups excluding carboxylic acids is 1. The van der Waals surface area contributed by atoms with Crippen LogP contribution in [0.1, 0.15) is 40.2 Å². The maximum absolute atomic E-state index is 11.5. The molecule has 0 N–H and O–H groups in total. The topological polar surface area (TPSA) is 57.0 Å². The van der Waals surface area contributed by atoms with Crippen LogP contribution in [0.25, 0.3) is 11.4 Å². The molecule has 0 bridgehead atoms. The highest BCUT2D eigenvalue weighted by Gasteiger charge is 2.17. The van der Waals surface area contributed by atoms with E-state index in [4.69, 9.17) is 4.74 Å². The first kappa shape index (κ1) is 18.5. The quantitative estimate of drug-likeness (QED) is 0.585. The molecule has 0 atom stereocenters. The van der Waals surface area contributed by atoms with Crippen molar-refractivity contribution in [1.29, 1.82) is 0 Å². The molecule has 0 aliphatic rings. The Balaban J connectivity index is 2.21. The summed E-state index contributed by atoms with van der Waals surface area (Å²) in [6.07, 6.45) is 0. The van der Waals surface area contributed by atoms with Gasteiger partial charge in [0.25, 0.3) is 0 Å². The van der Waals surface area contributed by atoms with E-state index in [1.54, 1.807) is 6.92 Å². The molecule has 130 valence electrons. The van der Waals surface area contributed by atoms with Crippen LogP contribution in [0.5, 0.6) is 0 Å². The third kappa shape index (κ3) is 4.38. The summed E-state index contributed by atoms with van der Waals surface area (Å²) in [5, 5.41) is 9.28. The van der Waals surface area contributed by atoms with Crippen molar-refractivity contribution >= 4 is 17.7 Å². The third-order valence-electron chi connectivity index (χ3n) is 3.67. The Morgan fingerprint density at radius 3 is 2.38 bits per heavy atom. The minimum Gasteiger partial charge on any atom is -0.465 e. The van der Waals surface area contributed by atoms with E-state index in [-0.39, 0.29) is 17.1 Å². The number of esters is 1. The SMILES string of the molecule is CCOC(=O)CSc1nnc(-c2ccc(C(C)(C)C)cc2)n1CC. The fourth-order valence-electron chi connectivity index (χ4n) is 2.34. The van der Waals surface area contributed by atoms with E-state index < -0.39 is 0 Å². The maximum atomic E-state index is 11.5. The molecule has 24 heavy (non-hydrogen) atoms. The van der Waals surface area contributed by atoms with Crippen LogP contribution in [0.15, 0.2) is 29.4 Å². The van der Waals surface area contributed by atoms with Gasteiger partial charge in [0.2, 0.25) is 0 Å². The summed E-state index contributed by atoms with van der Waals surface area (Å²) in [6.45, 7) is 11.6. The maximum Gasteiger partial charge on any atom is 0.316 e. The first-order chi connectivity index (χ1) is 11.4. The largest absolute Gasteiger partial charge is 0.465 e. The first-order valence-corrected chi connectivity index (χ1v) is 9.18. The zero-order valence-electron chi connectivity index (χ0n) is 15.0. The van der Waals surface area contributed by atoms with Gasteiger partial charge in [-0.1, -0.05) is 56.8 Å². The lowest BCUT2D eigenvalue weighted by Gasteiger charge is -2.19. The van der Waals surface area contributed by atoms with Crippen molar-refractivity contribution in [2.24, 2.45) is 0 Å². The second kappa shape index (κ2) is 7.83. The van der Waals surface area contributed by atoms with Gasteiger partial charge < -0.3 is 9.30 Å². The van der Waals surface area contributed by atoms with Crippen molar-refractivity contribution in [2.75, 3.05) is 12.4 Å². The zero-order chi connectivity index (χ0) is 17.7. The van der Waals surface area contributed by atoms with Crippen LogP contribution >= 0.6 is 11.8 Å². The van der Waals surface area contributed by atoms with Gasteiger partial charge in [-0.05, 0) is 24.8 Å². The molecule has 0 aliphatic carbocycles. The summed E-state index contributed by atoms with van der Waals surface area (Å²) in [6, 6.07) is 8.43. The van der Waals surface area contributed by atoms with E-state index in [1.807, 2.05) is 11.5 Å². The smallest absolute Gasteiger partial charge is 0.316 e. The predicted molar refractivity (Wildman–Crippen MR) is 97.2 cm³/mol. The Kier molecular flexibility index (Phi) is 6.04. The van der Waals surface area contributed by atoms with Gasteiger partial charge in [-0.2, -0.15) is 0 Å². The Morgan fingerprint density at radius 1 is 1.17 bits per heavy atom. The van der Waals surface area contributed by atoms with Crippen LogP contribution in [0.2, 0.25) is 0 Å². The molecule has 0 fully saturated rings. The average molecular weight is 347 g/mol. The Morgan fingerprint density at radius 2 is 1.83 bits per heavy atom. The average Bonchev–Trinajstić information content (AvgIpc) is 2.95. The van der Waals surface area contributed by atoms with Crippen molar-refractivity contribution in [3.05, 3.63) is 29.8 Å². The van der Waals surface area contributed by atoms with Crippen LogP contribution in [0.4, 0.5) is 0 Å². The molecule has 0 unspecified atom stereocenters. The van der Waals surface area contributed by atoms with Gasteiger partial charge in [0.15, 0.2) is 11.0 Å². The molecule has 6 heteroatoms. The molecule has 0 saturated heterocycles. The molecular formula is C18H25N3O2S. The van der Waals surface area contributed by atoms with Gasteiger partial charge >= 0.3 is 5.97 Å². The van der Waals surface area contributed by atoms with Crippen LogP contribution in [0.3, 0.4) is 0 Å². The van der Waals surface area contributed by atoms with E-state index >= 15 is 0 Å². The van der Waals surface area contributed by atoms with Gasteiger partial charge in [0.05, 0.1) is 12.4 Å². The second-order valence-electron chi connectivity index (χ2n) is 6.47. The third-order valence-corrected chi connectivity index (χ3v) is 4.61. The van der Waals surface area contributed by atoms with Crippen LogP contribution in [0, 0.1) is 0 Å². The monoisotopic (exact) mass is 347 g/mol. The molecule has 0 radical (unpaired) electrons. The van der Waals surface area contributed by atoms with Crippen LogP contribution in [-0.4, -0.2) is 33.1 Å². The first-order valence-electron chi connectivity index (χ1n) is 8.19. The number of rotatable bonds is 6. The second-order valence-corrected chi connectivity index (χ2v) is 7.41. The van der Waals surface area contributed by atoms with E-state index in [0.29, 0.717) is 6.61 Å². The van der Waals surface area contributed by atoms with E-state index in [2.05, 4.69) is 55.2 Å². The van der Waals surface area contributed by atoms with Gasteiger partial charge in [0.1, 0.15) is 0 Å². The molecule has 0 saturated carbocycles. The summed E-state index contributed by atoms with van der Waals surface area (Å²) in [7, 11) is 0. The summed E-state index contributed by atoms with van der Waals surface area (Å²) < 4.78 is 6.98. The summed E-state index contributed by atoms with van der Waals surface area (Å²) in [5.74, 6) is 0.836. The fourth-order valence-corrected chi connectivity index (χ4v) is 3.14. The van der Waals surface area contributed by atoms with Crippen molar-refractivity contribution in [1.82, 2.24) is 14.8 Å². The Hall–Kier alpha value is -1.82. The number of carbonyl (C=O) groups is 1. The van der Waals surface area contributed by atoms with Gasteiger partial charge in [0, 0.05) is 12.1 Å². The number of aromatic nitrogens is 3. The molecule has 0 aliphatic heterocycles. The number of hydrogen-bond acceptors (Lipinski definition) is 5. The number of thioether (sulfide) groups is 1. The molecule has 0 spiro atoms. The molecule has 5 nitrogen and oxygen atoms in total. The highest BCUT2D eigenvalue weighted by Crippen LogP contribution is 2.27. The molecule has 2 rings (SSSR count). The van der Waals surface area contributed by atoms with Gasteiger partial charge in [-0.3, -0.25) is 4.79 Å². The summed E-state index contributed by atoms with van der Waals surface area (Å²) in [4.78, 5) is 11.5. The van der Waals surface area contributed by atoms with E-state index in [9.17, 15) is 4.79 Å². The van der Waals surface area contributed by atoms with Crippen molar-refractivity contribution in [2.45, 2.75) is 51.7 Å². The number of hydrogen-bond donors (Lipinski definition) is 0. The van der Waals surface area contributed by atoms with Crippen molar-refractivity contribution < 1.29 is 9.53 Å². The van der Waals surface area contributed by atoms with Crippen molar-refractivity contribution in [3.63, 3.8) is 0 Å². The molecule has 0 amide bonds. The Labute approximate surface area is 147 Å². The molecular weight excluding hydrogens is 322 g/mol. The number of benzene rings is 1. The predicted octanol–water partition coefficient (Wildman–Crippen LogP) is 3.92. The van der Waals surface area contributed by atoms with Crippen LogP contribution in [-0.2, 0) is 21.5 Å². The van der Waals surface area contributed by atoms with E-state index in [0.717, 1.165) is 23.1 Å². The van der Waals surface area contributed by atoms with Gasteiger partial charge in [-0.15, -0.1) is 10.2 Å². The highest BCUT2D eigenvalue weighted by atomic mass is 32.2. The summed E-state index contributed by atoms with van der Waals surface area (Å²) >= 11 is 1.36. The standard InChI is InChI=1S/C18H25N3O2S/c1-6-21-16(13-8-10-14(11-9-13)18(3,4)5)19-20-17(21)24-12-15(22)23-7-2/h8-11H,6-7,12H2,1-5H3. The van der Waals surface area contributed by atoms with Crippen LogP contribution < -0.4 is 0 Å². The number of nitrogens with zero attached hydrogens (tertiary/aromatic N) is 3. The fraction of sp³-hybridized carbons (Fsp3) is 0.500. The minimum atomic E-state index is -0.232. The minimum absolute atomic E-state index is 0.123. The molecule has 1 heterocycles. The zero-order valence-corrected chi connectivity index (χ0v) is 15.8. The lowest BCUT2D eigenvalue weighted by molar-refractivity contribution is -0.139. The lowest BCUT2D eigenvalue weighted by Crippen LogP contribution is -2.10. The van der Waals surface area contributed by atoms with Crippen molar-refractivity contribution in [3.8, 4) is 11.4 Å². The normalized spacial score (nSPS) is 11.5. The lowest BCUT2D eigenvalue weighted by atomic mass is 9.87. The van der Waals surface area contributed by atoms with E-state index in [1.165, 1.54) is 17.3 Å². The van der Waals surface area contributed by atoms with Gasteiger partial charge in [-0.25, -0.2) is 0 Å². The number of ether oxygens (including phenoxy) is 1. The molecule has 1 aromatic carbocycles. The Bertz CT molecular complexity index is 687. The molecule has 1 aromatic heterocycles. The summed E-state index contributed by atoms with van der Waals surface area (Å²) in [5.41, 5.74) is 2.43.